The van der Waals surface area contributed by atoms with Gasteiger partial charge in [0, 0.05) is 0 Å². The summed E-state index contributed by atoms with van der Waals surface area (Å²) in [5, 5.41) is 8.64. The molecule has 0 saturated heterocycles. The van der Waals surface area contributed by atoms with Crippen LogP contribution >= 0.6 is 0 Å². The zero-order valence-corrected chi connectivity index (χ0v) is 9.72. The molecule has 0 radical (unpaired) electrons. The fraction of sp³-hybridized carbons (Fsp3) is 0.300. The first kappa shape index (κ1) is 13.6. The van der Waals surface area contributed by atoms with Crippen molar-refractivity contribution in [2.24, 2.45) is 0 Å². The van der Waals surface area contributed by atoms with Crippen molar-refractivity contribution in [3.05, 3.63) is 29.3 Å². The minimum absolute atomic E-state index is 0.223. The highest BCUT2D eigenvalue weighted by atomic mass is 32.2. The highest BCUT2D eigenvalue weighted by Gasteiger charge is 2.23. The van der Waals surface area contributed by atoms with E-state index >= 15 is 0 Å². The van der Waals surface area contributed by atoms with Crippen molar-refractivity contribution in [3.63, 3.8) is 0 Å². The maximum atomic E-state index is 13.3. The van der Waals surface area contributed by atoms with E-state index in [0.717, 1.165) is 0 Å². The Labute approximate surface area is 96.8 Å². The Morgan fingerprint density at radius 3 is 2.41 bits per heavy atom. The molecule has 1 aromatic rings. The van der Waals surface area contributed by atoms with Gasteiger partial charge in [-0.25, -0.2) is 22.0 Å². The predicted octanol–water partition coefficient (Wildman–Crippen LogP) is 1.85. The van der Waals surface area contributed by atoms with Gasteiger partial charge in [-0.1, -0.05) is 6.92 Å². The van der Waals surface area contributed by atoms with Gasteiger partial charge >= 0.3 is 5.97 Å². The summed E-state index contributed by atoms with van der Waals surface area (Å²) >= 11 is 0. The molecule has 0 atom stereocenters. The van der Waals surface area contributed by atoms with Gasteiger partial charge in [-0.15, -0.1) is 0 Å². The van der Waals surface area contributed by atoms with Crippen molar-refractivity contribution in [1.29, 1.82) is 0 Å². The van der Waals surface area contributed by atoms with Crippen LogP contribution in [0.5, 0.6) is 0 Å². The second-order valence-electron chi connectivity index (χ2n) is 3.39. The van der Waals surface area contributed by atoms with Crippen molar-refractivity contribution in [1.82, 2.24) is 0 Å². The molecule has 0 amide bonds. The zero-order chi connectivity index (χ0) is 13.2. The summed E-state index contributed by atoms with van der Waals surface area (Å²) in [6.45, 7) is 1.56. The molecule has 7 heteroatoms. The zero-order valence-electron chi connectivity index (χ0n) is 8.91. The molecule has 0 aliphatic carbocycles. The number of carboxylic acid groups (broad SMARTS) is 1. The number of carbonyl (C=O) groups is 1. The largest absolute Gasteiger partial charge is 0.478 e. The molecule has 17 heavy (non-hydrogen) atoms. The molecular formula is C10H10F2O4S. The van der Waals surface area contributed by atoms with Crippen LogP contribution in [0.1, 0.15) is 23.7 Å². The lowest BCUT2D eigenvalue weighted by atomic mass is 10.2. The SMILES string of the molecule is CCCS(=O)(=O)c1cc(C(=O)O)cc(F)c1F. The third-order valence-electron chi connectivity index (χ3n) is 2.05. The topological polar surface area (TPSA) is 71.4 Å². The first-order chi connectivity index (χ1) is 7.79. The minimum Gasteiger partial charge on any atom is -0.478 e. The number of aromatic carboxylic acids is 1. The normalized spacial score (nSPS) is 11.5. The van der Waals surface area contributed by atoms with Crippen LogP contribution in [0.2, 0.25) is 0 Å². The van der Waals surface area contributed by atoms with Gasteiger partial charge < -0.3 is 5.11 Å². The Balaban J connectivity index is 3.48. The van der Waals surface area contributed by atoms with Crippen molar-refractivity contribution >= 4 is 15.8 Å². The van der Waals surface area contributed by atoms with E-state index in [4.69, 9.17) is 5.11 Å². The summed E-state index contributed by atoms with van der Waals surface area (Å²) in [5.74, 6) is -4.91. The van der Waals surface area contributed by atoms with Gasteiger partial charge in [0.15, 0.2) is 21.5 Å². The number of carboxylic acids is 1. The summed E-state index contributed by atoms with van der Waals surface area (Å²) in [5.41, 5.74) is -0.599. The van der Waals surface area contributed by atoms with Gasteiger partial charge in [0.25, 0.3) is 0 Å². The molecule has 0 aromatic heterocycles. The van der Waals surface area contributed by atoms with Gasteiger partial charge in [0.05, 0.1) is 11.3 Å². The lowest BCUT2D eigenvalue weighted by Crippen LogP contribution is -2.11. The lowest BCUT2D eigenvalue weighted by Gasteiger charge is -2.06. The van der Waals surface area contributed by atoms with Gasteiger partial charge in [-0.2, -0.15) is 0 Å². The third-order valence-corrected chi connectivity index (χ3v) is 3.96. The van der Waals surface area contributed by atoms with E-state index in [0.29, 0.717) is 12.1 Å². The molecule has 0 unspecified atom stereocenters. The summed E-state index contributed by atoms with van der Waals surface area (Å²) in [6.07, 6.45) is 0.223. The van der Waals surface area contributed by atoms with Crippen molar-refractivity contribution in [2.75, 3.05) is 5.75 Å². The average Bonchev–Trinajstić information content (AvgIpc) is 2.21. The monoisotopic (exact) mass is 264 g/mol. The molecule has 1 aromatic carbocycles. The van der Waals surface area contributed by atoms with E-state index in [-0.39, 0.29) is 12.2 Å². The molecule has 0 aliphatic rings. The van der Waals surface area contributed by atoms with E-state index in [9.17, 15) is 22.0 Å². The summed E-state index contributed by atoms with van der Waals surface area (Å²) in [7, 11) is -4.00. The van der Waals surface area contributed by atoms with Crippen LogP contribution in [0.4, 0.5) is 8.78 Å². The van der Waals surface area contributed by atoms with E-state index in [1.165, 1.54) is 0 Å². The number of rotatable bonds is 4. The van der Waals surface area contributed by atoms with Gasteiger partial charge in [-0.05, 0) is 18.6 Å². The fourth-order valence-corrected chi connectivity index (χ4v) is 2.73. The maximum absolute atomic E-state index is 13.3. The van der Waals surface area contributed by atoms with Crippen LogP contribution in [0.15, 0.2) is 17.0 Å². The Kier molecular flexibility index (Phi) is 3.82. The van der Waals surface area contributed by atoms with Crippen LogP contribution in [0.3, 0.4) is 0 Å². The van der Waals surface area contributed by atoms with Crippen LogP contribution in [0.25, 0.3) is 0 Å². The summed E-state index contributed by atoms with van der Waals surface area (Å²) < 4.78 is 49.5. The predicted molar refractivity (Wildman–Crippen MR) is 55.7 cm³/mol. The van der Waals surface area contributed by atoms with E-state index in [1.54, 1.807) is 6.92 Å². The molecule has 0 spiro atoms. The molecule has 0 aliphatic heterocycles. The lowest BCUT2D eigenvalue weighted by molar-refractivity contribution is 0.0696. The third kappa shape index (κ3) is 2.79. The van der Waals surface area contributed by atoms with Gasteiger partial charge in [0.1, 0.15) is 4.90 Å². The van der Waals surface area contributed by atoms with Crippen molar-refractivity contribution in [3.8, 4) is 0 Å². The Hall–Kier alpha value is -1.50. The highest BCUT2D eigenvalue weighted by molar-refractivity contribution is 7.91. The second kappa shape index (κ2) is 4.79. The first-order valence-electron chi connectivity index (χ1n) is 4.74. The Morgan fingerprint density at radius 2 is 1.94 bits per heavy atom. The molecule has 1 rings (SSSR count). The van der Waals surface area contributed by atoms with E-state index < -0.39 is 37.9 Å². The molecule has 0 bridgehead atoms. The first-order valence-corrected chi connectivity index (χ1v) is 6.40. The number of hydrogen-bond donors (Lipinski definition) is 1. The van der Waals surface area contributed by atoms with Gasteiger partial charge in [-0.3, -0.25) is 0 Å². The quantitative estimate of drug-likeness (QED) is 0.900. The number of benzene rings is 1. The Bertz CT molecular complexity index is 552. The second-order valence-corrected chi connectivity index (χ2v) is 5.47. The fourth-order valence-electron chi connectivity index (χ4n) is 1.29. The standard InChI is InChI=1S/C10H10F2O4S/c1-2-3-17(15,16)8-5-6(10(13)14)4-7(11)9(8)12/h4-5H,2-3H2,1H3,(H,13,14). The number of hydrogen-bond acceptors (Lipinski definition) is 3. The smallest absolute Gasteiger partial charge is 0.335 e. The maximum Gasteiger partial charge on any atom is 0.335 e. The van der Waals surface area contributed by atoms with Crippen LogP contribution in [0, 0.1) is 11.6 Å². The average molecular weight is 264 g/mol. The van der Waals surface area contributed by atoms with Crippen LogP contribution in [-0.4, -0.2) is 25.2 Å². The molecule has 0 fully saturated rings. The van der Waals surface area contributed by atoms with Crippen molar-refractivity contribution in [2.45, 2.75) is 18.2 Å². The molecule has 94 valence electrons. The Morgan fingerprint density at radius 1 is 1.35 bits per heavy atom. The van der Waals surface area contributed by atoms with Crippen LogP contribution < -0.4 is 0 Å². The summed E-state index contributed by atoms with van der Waals surface area (Å²) in [6, 6.07) is 1.08. The summed E-state index contributed by atoms with van der Waals surface area (Å²) in [4.78, 5) is 9.71. The van der Waals surface area contributed by atoms with E-state index in [1.807, 2.05) is 0 Å². The van der Waals surface area contributed by atoms with Crippen LogP contribution in [-0.2, 0) is 9.84 Å². The molecule has 4 nitrogen and oxygen atoms in total. The highest BCUT2D eigenvalue weighted by Crippen LogP contribution is 2.21. The molecular weight excluding hydrogens is 254 g/mol. The minimum atomic E-state index is -4.00. The number of sulfone groups is 1. The number of halogens is 2. The van der Waals surface area contributed by atoms with Gasteiger partial charge in [0.2, 0.25) is 0 Å². The molecule has 1 N–H and O–H groups in total. The van der Waals surface area contributed by atoms with E-state index in [2.05, 4.69) is 0 Å². The molecule has 0 heterocycles. The van der Waals surface area contributed by atoms with Crippen molar-refractivity contribution < 1.29 is 27.1 Å². The molecule has 0 saturated carbocycles.